The Morgan fingerprint density at radius 2 is 2.23 bits per heavy atom. The largest absolute Gasteiger partial charge is 0.387 e. The highest BCUT2D eigenvalue weighted by Gasteiger charge is 2.48. The van der Waals surface area contributed by atoms with Gasteiger partial charge in [-0.3, -0.25) is 9.47 Å². The van der Waals surface area contributed by atoms with E-state index in [0.29, 0.717) is 18.1 Å². The molecule has 0 aromatic heterocycles. The Balaban J connectivity index is 1.92. The maximum absolute atomic E-state index is 11.8. The van der Waals surface area contributed by atoms with Crippen molar-refractivity contribution in [3.63, 3.8) is 0 Å². The summed E-state index contributed by atoms with van der Waals surface area (Å²) in [6.07, 6.45) is -2.14. The first kappa shape index (κ1) is 14.6. The number of hydrogen-bond donors (Lipinski definition) is 4. The van der Waals surface area contributed by atoms with E-state index in [1.807, 2.05) is 0 Å². The zero-order valence-electron chi connectivity index (χ0n) is 11.7. The summed E-state index contributed by atoms with van der Waals surface area (Å²) in [5, 5.41) is 22.7. The van der Waals surface area contributed by atoms with Crippen molar-refractivity contribution in [3.8, 4) is 11.5 Å². The van der Waals surface area contributed by atoms with E-state index < -0.39 is 30.3 Å². The van der Waals surface area contributed by atoms with E-state index >= 15 is 0 Å². The van der Waals surface area contributed by atoms with Gasteiger partial charge in [0.25, 0.3) is 5.91 Å². The number of fused-ring (bicyclic) bond motifs is 1. The van der Waals surface area contributed by atoms with Crippen LogP contribution in [0.2, 0.25) is 0 Å². The fraction of sp³-hybridized carbons (Fsp3) is 0.500. The number of aliphatic hydroxyl groups is 2. The molecule has 4 atom stereocenters. The van der Waals surface area contributed by atoms with E-state index in [-0.39, 0.29) is 5.82 Å². The number of rotatable bonds is 3. The zero-order chi connectivity index (χ0) is 15.9. The van der Waals surface area contributed by atoms with Crippen LogP contribution in [0.5, 0.6) is 0 Å². The lowest BCUT2D eigenvalue weighted by atomic mass is 10.1. The third kappa shape index (κ3) is 2.26. The molecule has 22 heavy (non-hydrogen) atoms. The average molecular weight is 308 g/mol. The number of nitrogens with zero attached hydrogens (tertiary/aromatic N) is 4. The molecular weight excluding hydrogens is 292 g/mol. The number of nitrogens with two attached hydrogens (primary N) is 1. The first-order valence-corrected chi connectivity index (χ1v) is 6.77. The molecule has 0 spiro atoms. The number of nitrogen functional groups attached to an aromatic ring is 1. The van der Waals surface area contributed by atoms with Crippen molar-refractivity contribution in [1.82, 2.24) is 24.9 Å². The predicted octanol–water partition coefficient (Wildman–Crippen LogP) is -2.21. The molecule has 1 fully saturated rings. The molecule has 0 saturated carbocycles. The van der Waals surface area contributed by atoms with E-state index in [4.69, 9.17) is 10.6 Å². The third-order valence-corrected chi connectivity index (χ3v) is 3.48. The van der Waals surface area contributed by atoms with Crippen LogP contribution in [0.1, 0.15) is 18.9 Å². The summed E-state index contributed by atoms with van der Waals surface area (Å²) in [5.41, 5.74) is 0.486. The van der Waals surface area contributed by atoms with E-state index in [1.165, 1.54) is 12.5 Å². The normalized spacial score (nSPS) is 28.1. The van der Waals surface area contributed by atoms with Crippen LogP contribution in [0.15, 0.2) is 12.5 Å². The summed E-state index contributed by atoms with van der Waals surface area (Å²) in [4.78, 5) is 23.9. The SMILES string of the molecule is CCNC(=O)[C@H]1OC(c2nc3ncnc-3cn2N)[C@H](O)[C@@H]1O. The number of likely N-dealkylation sites (N-methyl/N-ethyl adjacent to an activating group) is 1. The molecule has 1 amide bonds. The van der Waals surface area contributed by atoms with Gasteiger partial charge < -0.3 is 26.1 Å². The van der Waals surface area contributed by atoms with E-state index in [1.54, 1.807) is 6.92 Å². The molecule has 0 aliphatic carbocycles. The smallest absolute Gasteiger partial charge is 0.251 e. The van der Waals surface area contributed by atoms with E-state index in [9.17, 15) is 15.0 Å². The minimum absolute atomic E-state index is 0.145. The molecule has 3 rings (SSSR count). The number of imidazole rings is 1. The quantitative estimate of drug-likeness (QED) is 0.466. The lowest BCUT2D eigenvalue weighted by Crippen LogP contribution is -2.42. The van der Waals surface area contributed by atoms with Crippen molar-refractivity contribution < 1.29 is 19.7 Å². The first-order valence-electron chi connectivity index (χ1n) is 6.77. The number of aromatic nitrogens is 4. The second-order valence-electron chi connectivity index (χ2n) is 4.94. The van der Waals surface area contributed by atoms with Gasteiger partial charge in [0.1, 0.15) is 30.3 Å². The van der Waals surface area contributed by atoms with Crippen molar-refractivity contribution in [2.24, 2.45) is 0 Å². The summed E-state index contributed by atoms with van der Waals surface area (Å²) in [6, 6.07) is 0. The number of ether oxygens (including phenoxy) is 1. The van der Waals surface area contributed by atoms with Crippen molar-refractivity contribution in [1.29, 1.82) is 0 Å². The highest BCUT2D eigenvalue weighted by Crippen LogP contribution is 2.33. The zero-order valence-corrected chi connectivity index (χ0v) is 11.7. The lowest BCUT2D eigenvalue weighted by Gasteiger charge is -2.17. The molecule has 1 unspecified atom stereocenters. The molecule has 0 bridgehead atoms. The van der Waals surface area contributed by atoms with Gasteiger partial charge in [0.2, 0.25) is 0 Å². The molecule has 0 radical (unpaired) electrons. The molecule has 0 aromatic carbocycles. The standard InChI is InChI=1S/C12H16N6O4/c1-2-14-12(21)9-7(20)6(19)8(22-9)11-17-10-5(3-18(11)13)15-4-16-10/h3-4,6-9,19-20H,2,13H2,1H3,(H,14,21)/t6-,7+,8?,9+/m1/s1. The van der Waals surface area contributed by atoms with E-state index in [0.717, 1.165) is 4.68 Å². The molecule has 0 aromatic rings. The number of carbonyl (C=O) groups is 1. The highest BCUT2D eigenvalue weighted by atomic mass is 16.5. The average Bonchev–Trinajstić information content (AvgIpc) is 3.04. The molecule has 1 saturated heterocycles. The van der Waals surface area contributed by atoms with Gasteiger partial charge in [-0.15, -0.1) is 0 Å². The third-order valence-electron chi connectivity index (χ3n) is 3.48. The van der Waals surface area contributed by atoms with Gasteiger partial charge in [0, 0.05) is 6.54 Å². The van der Waals surface area contributed by atoms with E-state index in [2.05, 4.69) is 20.3 Å². The van der Waals surface area contributed by atoms with Crippen LogP contribution in [0.4, 0.5) is 0 Å². The summed E-state index contributed by atoms with van der Waals surface area (Å²) < 4.78 is 6.61. The van der Waals surface area contributed by atoms with Gasteiger partial charge in [-0.2, -0.15) is 0 Å². The predicted molar refractivity (Wildman–Crippen MR) is 72.9 cm³/mol. The molecule has 10 nitrogen and oxygen atoms in total. The second-order valence-corrected chi connectivity index (χ2v) is 4.94. The summed E-state index contributed by atoms with van der Waals surface area (Å²) in [7, 11) is 0. The van der Waals surface area contributed by atoms with Gasteiger partial charge in [-0.25, -0.2) is 15.0 Å². The Labute approximate surface area is 125 Å². The molecule has 3 aliphatic rings. The van der Waals surface area contributed by atoms with Crippen molar-refractivity contribution in [3.05, 3.63) is 18.3 Å². The second kappa shape index (κ2) is 5.48. The van der Waals surface area contributed by atoms with Crippen LogP contribution in [0.25, 0.3) is 11.5 Å². The Bertz CT molecular complexity index is 661. The molecule has 3 heterocycles. The van der Waals surface area contributed by atoms with Crippen LogP contribution in [0, 0.1) is 0 Å². The summed E-state index contributed by atoms with van der Waals surface area (Å²) in [5.74, 6) is 5.80. The number of hydrogen-bond acceptors (Lipinski definition) is 8. The number of carbonyl (C=O) groups excluding carboxylic acids is 1. The maximum atomic E-state index is 11.8. The van der Waals surface area contributed by atoms with Crippen LogP contribution in [-0.4, -0.2) is 60.6 Å². The Morgan fingerprint density at radius 3 is 2.95 bits per heavy atom. The lowest BCUT2D eigenvalue weighted by molar-refractivity contribution is -0.135. The van der Waals surface area contributed by atoms with Crippen molar-refractivity contribution in [2.45, 2.75) is 31.3 Å². The molecule has 118 valence electrons. The Kier molecular flexibility index (Phi) is 3.64. The van der Waals surface area contributed by atoms with Crippen molar-refractivity contribution in [2.75, 3.05) is 12.4 Å². The Hall–Kier alpha value is -2.30. The fourth-order valence-electron chi connectivity index (χ4n) is 2.40. The van der Waals surface area contributed by atoms with Gasteiger partial charge >= 0.3 is 0 Å². The monoisotopic (exact) mass is 308 g/mol. The fourth-order valence-corrected chi connectivity index (χ4v) is 2.40. The van der Waals surface area contributed by atoms with Gasteiger partial charge in [0.15, 0.2) is 17.8 Å². The highest BCUT2D eigenvalue weighted by molar-refractivity contribution is 5.81. The molecular formula is C12H16N6O4. The Morgan fingerprint density at radius 1 is 1.45 bits per heavy atom. The van der Waals surface area contributed by atoms with Crippen LogP contribution in [0.3, 0.4) is 0 Å². The number of nitrogens with one attached hydrogen (secondary N) is 1. The van der Waals surface area contributed by atoms with Crippen LogP contribution >= 0.6 is 0 Å². The topological polar surface area (TPSA) is 148 Å². The number of amides is 1. The van der Waals surface area contributed by atoms with Crippen molar-refractivity contribution >= 4 is 5.91 Å². The minimum atomic E-state index is -1.38. The minimum Gasteiger partial charge on any atom is -0.387 e. The van der Waals surface area contributed by atoms with Gasteiger partial charge in [-0.05, 0) is 6.92 Å². The van der Waals surface area contributed by atoms with Crippen LogP contribution in [-0.2, 0) is 9.53 Å². The van der Waals surface area contributed by atoms with Crippen LogP contribution < -0.4 is 11.2 Å². The van der Waals surface area contributed by atoms with Gasteiger partial charge in [-0.1, -0.05) is 0 Å². The summed E-state index contributed by atoms with van der Waals surface area (Å²) in [6.45, 7) is 2.13. The van der Waals surface area contributed by atoms with Gasteiger partial charge in [0.05, 0.1) is 6.20 Å². The number of aliphatic hydroxyl groups excluding tert-OH is 2. The first-order chi connectivity index (χ1) is 10.5. The molecule has 3 aliphatic heterocycles. The summed E-state index contributed by atoms with van der Waals surface area (Å²) >= 11 is 0. The maximum Gasteiger partial charge on any atom is 0.251 e. The molecule has 10 heteroatoms. The molecule has 5 N–H and O–H groups in total.